The monoisotopic (exact) mass is 355 g/mol. The number of hydrogen-bond donors (Lipinski definition) is 0. The largest absolute Gasteiger partial charge is 0.384 e. The maximum Gasteiger partial charge on any atom is 0.267 e. The Balaban J connectivity index is 1.69. The van der Waals surface area contributed by atoms with Gasteiger partial charge in [-0.15, -0.1) is 0 Å². The van der Waals surface area contributed by atoms with Gasteiger partial charge in [0.05, 0.1) is 13.2 Å². The van der Waals surface area contributed by atoms with Crippen molar-refractivity contribution >= 4 is 5.91 Å². The van der Waals surface area contributed by atoms with Crippen molar-refractivity contribution in [3.63, 3.8) is 0 Å². The van der Waals surface area contributed by atoms with Crippen molar-refractivity contribution in [3.05, 3.63) is 30.2 Å². The average Bonchev–Trinajstić information content (AvgIpc) is 3.30. The normalized spacial score (nSPS) is 19.5. The van der Waals surface area contributed by atoms with E-state index in [-0.39, 0.29) is 12.3 Å². The molecule has 136 valence electrons. The third-order valence-corrected chi connectivity index (χ3v) is 4.00. The van der Waals surface area contributed by atoms with Crippen molar-refractivity contribution in [2.75, 3.05) is 20.3 Å². The zero-order valence-corrected chi connectivity index (χ0v) is 13.8. The number of aryl methyl sites for hydroxylation is 1. The molecule has 0 unspecified atom stereocenters. The van der Waals surface area contributed by atoms with Crippen LogP contribution >= 0.6 is 0 Å². The predicted molar refractivity (Wildman–Crippen MR) is 80.7 cm³/mol. The Morgan fingerprint density at radius 2 is 2.36 bits per heavy atom. The number of likely N-dealkylation sites (tertiary alicyclic amines) is 1. The van der Waals surface area contributed by atoms with Crippen LogP contribution in [0.3, 0.4) is 0 Å². The Hall–Kier alpha value is -2.36. The fraction of sp³-hybridized carbons (Fsp3) is 0.600. The summed E-state index contributed by atoms with van der Waals surface area (Å²) < 4.78 is 39.4. The van der Waals surface area contributed by atoms with Gasteiger partial charge < -0.3 is 14.2 Å². The molecule has 0 aromatic carbocycles. The maximum absolute atomic E-state index is 13.9. The van der Waals surface area contributed by atoms with Gasteiger partial charge in [-0.05, 0) is 6.07 Å². The Labute approximate surface area is 142 Å². The molecule has 1 amide bonds. The Bertz CT molecular complexity index is 704. The summed E-state index contributed by atoms with van der Waals surface area (Å²) in [5.41, 5.74) is 0. The summed E-state index contributed by atoms with van der Waals surface area (Å²) in [7, 11) is 1.54. The van der Waals surface area contributed by atoms with Crippen LogP contribution in [-0.2, 0) is 22.5 Å². The van der Waals surface area contributed by atoms with Gasteiger partial charge in [0.25, 0.3) is 5.92 Å². The standard InChI is InChI=1S/C15H19F2N5O3/c1-24-8-4-12-19-14(25-20-12)11-9-15(16,17)10-22(11)13(23)3-7-21-6-2-5-18-21/h2,5-6,11H,3-4,7-10H2,1H3/t11-/m0/s1. The van der Waals surface area contributed by atoms with Crippen LogP contribution in [0, 0.1) is 0 Å². The fourth-order valence-corrected chi connectivity index (χ4v) is 2.78. The summed E-state index contributed by atoms with van der Waals surface area (Å²) >= 11 is 0. The number of carbonyl (C=O) groups is 1. The zero-order chi connectivity index (χ0) is 17.9. The van der Waals surface area contributed by atoms with E-state index in [2.05, 4.69) is 15.2 Å². The van der Waals surface area contributed by atoms with Crippen molar-refractivity contribution in [2.45, 2.75) is 37.8 Å². The smallest absolute Gasteiger partial charge is 0.267 e. The lowest BCUT2D eigenvalue weighted by atomic mass is 10.2. The number of hydrogen-bond acceptors (Lipinski definition) is 6. The van der Waals surface area contributed by atoms with Gasteiger partial charge in [0.15, 0.2) is 5.82 Å². The molecular weight excluding hydrogens is 336 g/mol. The number of methoxy groups -OCH3 is 1. The number of carbonyl (C=O) groups excluding carboxylic acids is 1. The molecule has 1 aliphatic heterocycles. The summed E-state index contributed by atoms with van der Waals surface area (Å²) in [5, 5.41) is 7.76. The minimum Gasteiger partial charge on any atom is -0.384 e. The molecule has 1 aliphatic rings. The van der Waals surface area contributed by atoms with Crippen LogP contribution in [0.15, 0.2) is 23.0 Å². The van der Waals surface area contributed by atoms with Crippen LogP contribution in [-0.4, -0.2) is 56.9 Å². The van der Waals surface area contributed by atoms with E-state index in [1.54, 1.807) is 30.3 Å². The molecule has 0 aliphatic carbocycles. The van der Waals surface area contributed by atoms with E-state index in [1.165, 1.54) is 0 Å². The highest BCUT2D eigenvalue weighted by Gasteiger charge is 2.49. The topological polar surface area (TPSA) is 86.3 Å². The van der Waals surface area contributed by atoms with E-state index in [1.807, 2.05) is 0 Å². The van der Waals surface area contributed by atoms with Crippen LogP contribution in [0.5, 0.6) is 0 Å². The number of nitrogens with zero attached hydrogens (tertiary/aromatic N) is 5. The van der Waals surface area contributed by atoms with E-state index in [0.717, 1.165) is 4.90 Å². The van der Waals surface area contributed by atoms with Crippen molar-refractivity contribution in [3.8, 4) is 0 Å². The van der Waals surface area contributed by atoms with Gasteiger partial charge in [0.1, 0.15) is 6.04 Å². The maximum atomic E-state index is 13.9. The number of alkyl halides is 2. The number of amides is 1. The van der Waals surface area contributed by atoms with Crippen molar-refractivity contribution < 1.29 is 22.8 Å². The molecule has 2 aromatic heterocycles. The number of ether oxygens (including phenoxy) is 1. The first kappa shape index (κ1) is 17.5. The molecule has 10 heteroatoms. The second kappa shape index (κ2) is 7.26. The van der Waals surface area contributed by atoms with E-state index < -0.39 is 30.8 Å². The molecule has 0 bridgehead atoms. The Morgan fingerprint density at radius 1 is 1.52 bits per heavy atom. The molecule has 1 atom stereocenters. The third-order valence-electron chi connectivity index (χ3n) is 4.00. The molecule has 25 heavy (non-hydrogen) atoms. The molecule has 0 spiro atoms. The highest BCUT2D eigenvalue weighted by atomic mass is 19.3. The molecule has 2 aromatic rings. The van der Waals surface area contributed by atoms with Crippen LogP contribution in [0.2, 0.25) is 0 Å². The van der Waals surface area contributed by atoms with Crippen LogP contribution in [0.4, 0.5) is 8.78 Å². The SMILES string of the molecule is COCCc1noc([C@@H]2CC(F)(F)CN2C(=O)CCn2cccn2)n1. The molecule has 0 saturated carbocycles. The summed E-state index contributed by atoms with van der Waals surface area (Å²) in [5.74, 6) is -2.96. The first-order chi connectivity index (χ1) is 12.0. The minimum absolute atomic E-state index is 0.0377. The summed E-state index contributed by atoms with van der Waals surface area (Å²) in [6, 6.07) is 0.820. The van der Waals surface area contributed by atoms with Crippen LogP contribution < -0.4 is 0 Å². The van der Waals surface area contributed by atoms with Gasteiger partial charge >= 0.3 is 0 Å². The lowest BCUT2D eigenvalue weighted by Crippen LogP contribution is -2.33. The number of rotatable bonds is 7. The zero-order valence-electron chi connectivity index (χ0n) is 13.8. The second-order valence-electron chi connectivity index (χ2n) is 5.91. The Kier molecular flexibility index (Phi) is 5.07. The first-order valence-electron chi connectivity index (χ1n) is 7.94. The minimum atomic E-state index is -2.98. The molecule has 3 heterocycles. The van der Waals surface area contributed by atoms with Gasteiger partial charge in [-0.25, -0.2) is 8.78 Å². The van der Waals surface area contributed by atoms with Gasteiger partial charge in [0, 0.05) is 45.3 Å². The Morgan fingerprint density at radius 3 is 3.08 bits per heavy atom. The van der Waals surface area contributed by atoms with E-state index in [9.17, 15) is 13.6 Å². The fourth-order valence-electron chi connectivity index (χ4n) is 2.78. The molecular formula is C15H19F2N5O3. The van der Waals surface area contributed by atoms with E-state index in [4.69, 9.17) is 9.26 Å². The van der Waals surface area contributed by atoms with Gasteiger partial charge in [0.2, 0.25) is 11.8 Å². The predicted octanol–water partition coefficient (Wildman–Crippen LogP) is 1.45. The van der Waals surface area contributed by atoms with Gasteiger partial charge in [-0.1, -0.05) is 5.16 Å². The van der Waals surface area contributed by atoms with Crippen LogP contribution in [0.25, 0.3) is 0 Å². The summed E-state index contributed by atoms with van der Waals surface area (Å²) in [4.78, 5) is 17.7. The molecule has 1 fully saturated rings. The molecule has 0 radical (unpaired) electrons. The second-order valence-corrected chi connectivity index (χ2v) is 5.91. The quantitative estimate of drug-likeness (QED) is 0.747. The molecule has 8 nitrogen and oxygen atoms in total. The van der Waals surface area contributed by atoms with Crippen LogP contribution in [0.1, 0.15) is 30.6 Å². The van der Waals surface area contributed by atoms with Gasteiger partial charge in [-0.2, -0.15) is 10.1 Å². The number of aromatic nitrogens is 4. The number of halogens is 2. The van der Waals surface area contributed by atoms with E-state index >= 15 is 0 Å². The lowest BCUT2D eigenvalue weighted by molar-refractivity contribution is -0.134. The molecule has 3 rings (SSSR count). The highest BCUT2D eigenvalue weighted by Crippen LogP contribution is 2.40. The average molecular weight is 355 g/mol. The highest BCUT2D eigenvalue weighted by molar-refractivity contribution is 5.77. The van der Waals surface area contributed by atoms with Crippen molar-refractivity contribution in [1.82, 2.24) is 24.8 Å². The summed E-state index contributed by atoms with van der Waals surface area (Å²) in [6.07, 6.45) is 3.27. The van der Waals surface area contributed by atoms with E-state index in [0.29, 0.717) is 25.4 Å². The lowest BCUT2D eigenvalue weighted by Gasteiger charge is -2.21. The molecule has 0 N–H and O–H groups in total. The van der Waals surface area contributed by atoms with Crippen molar-refractivity contribution in [2.24, 2.45) is 0 Å². The first-order valence-corrected chi connectivity index (χ1v) is 7.94. The third kappa shape index (κ3) is 4.19. The summed E-state index contributed by atoms with van der Waals surface area (Å²) in [6.45, 7) is 0.0707. The van der Waals surface area contributed by atoms with Gasteiger partial charge in [-0.3, -0.25) is 9.48 Å². The van der Waals surface area contributed by atoms with Crippen molar-refractivity contribution in [1.29, 1.82) is 0 Å². The molecule has 1 saturated heterocycles.